The van der Waals surface area contributed by atoms with E-state index >= 15 is 0 Å². The quantitative estimate of drug-likeness (QED) is 0.817. The Kier molecular flexibility index (Phi) is 5.32. The number of carbonyl (C=O) groups is 1. The summed E-state index contributed by atoms with van der Waals surface area (Å²) < 4.78 is 18.5. The minimum atomic E-state index is -0.365. The molecule has 1 N–H and O–H groups in total. The summed E-state index contributed by atoms with van der Waals surface area (Å²) in [6.07, 6.45) is 0.942. The second-order valence-electron chi connectivity index (χ2n) is 4.83. The van der Waals surface area contributed by atoms with Crippen molar-refractivity contribution in [2.75, 3.05) is 11.9 Å². The van der Waals surface area contributed by atoms with Crippen molar-refractivity contribution >= 4 is 11.6 Å². The van der Waals surface area contributed by atoms with Crippen LogP contribution in [0.4, 0.5) is 10.1 Å². The van der Waals surface area contributed by atoms with Crippen molar-refractivity contribution in [2.45, 2.75) is 19.8 Å². The number of aryl methyl sites for hydroxylation is 1. The Morgan fingerprint density at radius 2 is 2.00 bits per heavy atom. The SMILES string of the molecule is Cc1cccc(OCCCC(=O)Nc2cccc(F)c2)c1. The van der Waals surface area contributed by atoms with E-state index < -0.39 is 0 Å². The molecule has 0 aliphatic rings. The zero-order valence-corrected chi connectivity index (χ0v) is 11.9. The molecule has 0 unspecified atom stereocenters. The van der Waals surface area contributed by atoms with Crippen molar-refractivity contribution in [2.24, 2.45) is 0 Å². The van der Waals surface area contributed by atoms with E-state index in [9.17, 15) is 9.18 Å². The molecule has 0 heterocycles. The maximum Gasteiger partial charge on any atom is 0.224 e. The molecule has 2 aromatic carbocycles. The van der Waals surface area contributed by atoms with Crippen molar-refractivity contribution in [3.05, 3.63) is 59.9 Å². The first kappa shape index (κ1) is 15.0. The third kappa shape index (κ3) is 5.26. The fraction of sp³-hybridized carbons (Fsp3) is 0.235. The normalized spacial score (nSPS) is 10.2. The Morgan fingerprint density at radius 3 is 2.76 bits per heavy atom. The molecule has 3 nitrogen and oxygen atoms in total. The van der Waals surface area contributed by atoms with E-state index in [1.54, 1.807) is 12.1 Å². The average Bonchev–Trinajstić information content (AvgIpc) is 2.44. The van der Waals surface area contributed by atoms with E-state index in [4.69, 9.17) is 4.74 Å². The zero-order chi connectivity index (χ0) is 15.1. The lowest BCUT2D eigenvalue weighted by molar-refractivity contribution is -0.116. The molecule has 1 amide bonds. The summed E-state index contributed by atoms with van der Waals surface area (Å²) in [6.45, 7) is 2.47. The van der Waals surface area contributed by atoms with Gasteiger partial charge in [-0.3, -0.25) is 4.79 Å². The van der Waals surface area contributed by atoms with E-state index in [1.165, 1.54) is 12.1 Å². The number of carbonyl (C=O) groups excluding carboxylic acids is 1. The molecule has 110 valence electrons. The average molecular weight is 287 g/mol. The molecule has 2 aromatic rings. The van der Waals surface area contributed by atoms with Crippen molar-refractivity contribution in [3.8, 4) is 5.75 Å². The molecule has 0 aliphatic heterocycles. The van der Waals surface area contributed by atoms with E-state index in [1.807, 2.05) is 31.2 Å². The topological polar surface area (TPSA) is 38.3 Å². The summed E-state index contributed by atoms with van der Waals surface area (Å²) in [4.78, 5) is 11.7. The van der Waals surface area contributed by atoms with Crippen LogP contribution in [0, 0.1) is 12.7 Å². The molecule has 0 saturated heterocycles. The number of hydrogen-bond acceptors (Lipinski definition) is 2. The van der Waals surface area contributed by atoms with Crippen molar-refractivity contribution < 1.29 is 13.9 Å². The molecule has 0 bridgehead atoms. The molecule has 0 fully saturated rings. The molecule has 0 saturated carbocycles. The maximum atomic E-state index is 13.0. The van der Waals surface area contributed by atoms with Crippen LogP contribution in [-0.2, 0) is 4.79 Å². The minimum absolute atomic E-state index is 0.145. The first-order valence-electron chi connectivity index (χ1n) is 6.88. The van der Waals surface area contributed by atoms with Crippen LogP contribution >= 0.6 is 0 Å². The van der Waals surface area contributed by atoms with Gasteiger partial charge in [0.05, 0.1) is 6.61 Å². The van der Waals surface area contributed by atoms with Gasteiger partial charge >= 0.3 is 0 Å². The molecule has 21 heavy (non-hydrogen) atoms. The molecule has 0 atom stereocenters. The van der Waals surface area contributed by atoms with Gasteiger partial charge in [-0.1, -0.05) is 18.2 Å². The van der Waals surface area contributed by atoms with Gasteiger partial charge in [-0.15, -0.1) is 0 Å². The Hall–Kier alpha value is -2.36. The summed E-state index contributed by atoms with van der Waals surface area (Å²) in [5.41, 5.74) is 1.61. The molecule has 0 aliphatic carbocycles. The van der Waals surface area contributed by atoms with Crippen LogP contribution in [0.15, 0.2) is 48.5 Å². The highest BCUT2D eigenvalue weighted by Crippen LogP contribution is 2.13. The summed E-state index contributed by atoms with van der Waals surface area (Å²) in [6, 6.07) is 13.6. The monoisotopic (exact) mass is 287 g/mol. The summed E-state index contributed by atoms with van der Waals surface area (Å²) in [5.74, 6) is 0.296. The highest BCUT2D eigenvalue weighted by atomic mass is 19.1. The van der Waals surface area contributed by atoms with Crippen LogP contribution in [-0.4, -0.2) is 12.5 Å². The fourth-order valence-electron chi connectivity index (χ4n) is 1.92. The van der Waals surface area contributed by atoms with Crippen molar-refractivity contribution in [3.63, 3.8) is 0 Å². The lowest BCUT2D eigenvalue weighted by atomic mass is 10.2. The third-order valence-corrected chi connectivity index (χ3v) is 2.91. The van der Waals surface area contributed by atoms with Gasteiger partial charge < -0.3 is 10.1 Å². The second kappa shape index (κ2) is 7.43. The van der Waals surface area contributed by atoms with Crippen LogP contribution < -0.4 is 10.1 Å². The van der Waals surface area contributed by atoms with Crippen molar-refractivity contribution in [1.29, 1.82) is 0 Å². The van der Waals surface area contributed by atoms with Crippen LogP contribution in [0.2, 0.25) is 0 Å². The van der Waals surface area contributed by atoms with E-state index in [2.05, 4.69) is 5.32 Å². The molecular formula is C17H18FNO2. The van der Waals surface area contributed by atoms with Gasteiger partial charge in [0.1, 0.15) is 11.6 Å². The molecule has 0 radical (unpaired) electrons. The predicted octanol–water partition coefficient (Wildman–Crippen LogP) is 3.93. The number of hydrogen-bond donors (Lipinski definition) is 1. The summed E-state index contributed by atoms with van der Waals surface area (Å²) in [7, 11) is 0. The molecular weight excluding hydrogens is 269 g/mol. The van der Waals surface area contributed by atoms with Gasteiger partial charge in [0.25, 0.3) is 0 Å². The van der Waals surface area contributed by atoms with Gasteiger partial charge in [-0.25, -0.2) is 4.39 Å². The lowest BCUT2D eigenvalue weighted by Crippen LogP contribution is -2.12. The van der Waals surface area contributed by atoms with Gasteiger partial charge in [0.2, 0.25) is 5.91 Å². The number of benzene rings is 2. The first-order chi connectivity index (χ1) is 10.1. The number of ether oxygens (including phenoxy) is 1. The van der Waals surface area contributed by atoms with Crippen LogP contribution in [0.1, 0.15) is 18.4 Å². The summed E-state index contributed by atoms with van der Waals surface area (Å²) >= 11 is 0. The minimum Gasteiger partial charge on any atom is -0.494 e. The molecule has 0 aromatic heterocycles. The Morgan fingerprint density at radius 1 is 1.19 bits per heavy atom. The van der Waals surface area contributed by atoms with Crippen LogP contribution in [0.3, 0.4) is 0 Å². The van der Waals surface area contributed by atoms with E-state index in [0.29, 0.717) is 25.1 Å². The Labute approximate surface area is 123 Å². The van der Waals surface area contributed by atoms with Gasteiger partial charge in [0, 0.05) is 12.1 Å². The number of halogens is 1. The molecule has 2 rings (SSSR count). The third-order valence-electron chi connectivity index (χ3n) is 2.91. The number of anilines is 1. The van der Waals surface area contributed by atoms with E-state index in [-0.39, 0.29) is 11.7 Å². The number of nitrogens with one attached hydrogen (secondary N) is 1. The highest BCUT2D eigenvalue weighted by molar-refractivity contribution is 5.90. The molecule has 0 spiro atoms. The number of amides is 1. The maximum absolute atomic E-state index is 13.0. The molecule has 4 heteroatoms. The first-order valence-corrected chi connectivity index (χ1v) is 6.88. The zero-order valence-electron chi connectivity index (χ0n) is 11.9. The highest BCUT2D eigenvalue weighted by Gasteiger charge is 2.03. The van der Waals surface area contributed by atoms with Crippen LogP contribution in [0.25, 0.3) is 0 Å². The largest absolute Gasteiger partial charge is 0.494 e. The smallest absolute Gasteiger partial charge is 0.224 e. The van der Waals surface area contributed by atoms with Gasteiger partial charge in [0.15, 0.2) is 0 Å². The Balaban J connectivity index is 1.70. The second-order valence-corrected chi connectivity index (χ2v) is 4.83. The Bertz CT molecular complexity index is 613. The summed E-state index contributed by atoms with van der Waals surface area (Å²) in [5, 5.41) is 2.66. The van der Waals surface area contributed by atoms with Gasteiger partial charge in [-0.2, -0.15) is 0 Å². The van der Waals surface area contributed by atoms with Crippen LogP contribution in [0.5, 0.6) is 5.75 Å². The predicted molar refractivity (Wildman–Crippen MR) is 80.9 cm³/mol. The van der Waals surface area contributed by atoms with Gasteiger partial charge in [-0.05, 0) is 49.2 Å². The number of rotatable bonds is 6. The lowest BCUT2D eigenvalue weighted by Gasteiger charge is -2.07. The standard InChI is InChI=1S/C17H18FNO2/c1-13-5-2-8-16(11-13)21-10-4-9-17(20)19-15-7-3-6-14(18)12-15/h2-3,5-8,11-12H,4,9-10H2,1H3,(H,19,20). The fourth-order valence-corrected chi connectivity index (χ4v) is 1.92. The van der Waals surface area contributed by atoms with E-state index in [0.717, 1.165) is 11.3 Å². The van der Waals surface area contributed by atoms with Crippen molar-refractivity contribution in [1.82, 2.24) is 0 Å².